The second-order valence-corrected chi connectivity index (χ2v) is 4.63. The molecule has 0 saturated carbocycles. The number of rotatable bonds is 1. The molecule has 4 nitrogen and oxygen atoms in total. The number of phenolic OH excluding ortho intramolecular Hbond substituents is 1. The maximum Gasteiger partial charge on any atom is 0.266 e. The Morgan fingerprint density at radius 2 is 1.70 bits per heavy atom. The molecule has 0 unspecified atom stereocenters. The highest BCUT2D eigenvalue weighted by atomic mass is 19.1. The third-order valence-corrected chi connectivity index (χ3v) is 3.23. The van der Waals surface area contributed by atoms with E-state index in [-0.39, 0.29) is 5.69 Å². The zero-order valence-corrected chi connectivity index (χ0v) is 10.6. The van der Waals surface area contributed by atoms with E-state index in [1.54, 1.807) is 18.2 Å². The van der Waals surface area contributed by atoms with Gasteiger partial charge in [0.15, 0.2) is 11.6 Å². The molecule has 0 saturated heterocycles. The Bertz CT molecular complexity index is 755. The zero-order chi connectivity index (χ0) is 14.4. The van der Waals surface area contributed by atoms with Gasteiger partial charge in [-0.1, -0.05) is 11.6 Å². The molecule has 2 aromatic rings. The highest BCUT2D eigenvalue weighted by Crippen LogP contribution is 2.31. The summed E-state index contributed by atoms with van der Waals surface area (Å²) < 4.78 is 13.4. The van der Waals surface area contributed by atoms with Gasteiger partial charge in [-0.2, -0.15) is 0 Å². The molecule has 5 heteroatoms. The quantitative estimate of drug-likeness (QED) is 0.811. The van der Waals surface area contributed by atoms with Crippen molar-refractivity contribution in [2.75, 3.05) is 4.90 Å². The minimum Gasteiger partial charge on any atom is -0.505 e. The van der Waals surface area contributed by atoms with Gasteiger partial charge in [0.2, 0.25) is 0 Å². The predicted octanol–water partition coefficient (Wildman–Crippen LogP) is 2.64. The van der Waals surface area contributed by atoms with E-state index in [0.29, 0.717) is 11.1 Å². The predicted molar refractivity (Wildman–Crippen MR) is 70.4 cm³/mol. The first kappa shape index (κ1) is 12.3. The summed E-state index contributed by atoms with van der Waals surface area (Å²) in [5.41, 5.74) is 1.57. The van der Waals surface area contributed by atoms with Crippen molar-refractivity contribution in [3.63, 3.8) is 0 Å². The van der Waals surface area contributed by atoms with E-state index < -0.39 is 23.4 Å². The summed E-state index contributed by atoms with van der Waals surface area (Å²) in [7, 11) is 0. The van der Waals surface area contributed by atoms with Crippen LogP contribution in [0.3, 0.4) is 0 Å². The first-order valence-electron chi connectivity index (χ1n) is 5.97. The third-order valence-electron chi connectivity index (χ3n) is 3.23. The maximum atomic E-state index is 13.4. The molecular weight excluding hydrogens is 261 g/mol. The number of anilines is 1. The molecule has 0 aromatic heterocycles. The number of aromatic hydroxyl groups is 1. The maximum absolute atomic E-state index is 13.4. The Morgan fingerprint density at radius 1 is 1.00 bits per heavy atom. The number of nitrogens with zero attached hydrogens (tertiary/aromatic N) is 1. The summed E-state index contributed by atoms with van der Waals surface area (Å²) in [6.45, 7) is 1.82. The van der Waals surface area contributed by atoms with Gasteiger partial charge in [0.1, 0.15) is 0 Å². The van der Waals surface area contributed by atoms with Crippen molar-refractivity contribution in [3.8, 4) is 5.75 Å². The van der Waals surface area contributed by atoms with Crippen LogP contribution in [0.5, 0.6) is 5.75 Å². The lowest BCUT2D eigenvalue weighted by molar-refractivity contribution is 0.0926. The van der Waals surface area contributed by atoms with Crippen molar-refractivity contribution in [2.24, 2.45) is 0 Å². The number of fused-ring (bicyclic) bond motifs is 1. The minimum absolute atomic E-state index is 0.101. The van der Waals surface area contributed by atoms with Gasteiger partial charge in [-0.25, -0.2) is 9.29 Å². The van der Waals surface area contributed by atoms with Gasteiger partial charge < -0.3 is 5.11 Å². The fourth-order valence-electron chi connectivity index (χ4n) is 2.22. The van der Waals surface area contributed by atoms with Gasteiger partial charge in [-0.15, -0.1) is 0 Å². The van der Waals surface area contributed by atoms with E-state index in [0.717, 1.165) is 22.6 Å². The Labute approximate surface area is 114 Å². The smallest absolute Gasteiger partial charge is 0.266 e. The molecule has 1 N–H and O–H groups in total. The van der Waals surface area contributed by atoms with Crippen LogP contribution in [0.1, 0.15) is 26.3 Å². The molecule has 1 heterocycles. The van der Waals surface area contributed by atoms with Crippen molar-refractivity contribution in [2.45, 2.75) is 6.92 Å². The monoisotopic (exact) mass is 271 g/mol. The molecule has 0 bridgehead atoms. The second kappa shape index (κ2) is 4.16. The third kappa shape index (κ3) is 1.67. The number of amides is 2. The van der Waals surface area contributed by atoms with Crippen LogP contribution in [-0.4, -0.2) is 16.9 Å². The van der Waals surface area contributed by atoms with Crippen molar-refractivity contribution in [1.82, 2.24) is 0 Å². The van der Waals surface area contributed by atoms with Crippen LogP contribution in [0.2, 0.25) is 0 Å². The first-order chi connectivity index (χ1) is 9.49. The molecule has 1 aliphatic heterocycles. The van der Waals surface area contributed by atoms with Gasteiger partial charge in [0.05, 0.1) is 16.8 Å². The lowest BCUT2D eigenvalue weighted by Gasteiger charge is -2.14. The normalized spacial score (nSPS) is 13.8. The molecule has 0 radical (unpaired) electrons. The Balaban J connectivity index is 2.11. The molecule has 100 valence electrons. The fraction of sp³-hybridized carbons (Fsp3) is 0.0667. The summed E-state index contributed by atoms with van der Waals surface area (Å²) in [5, 5.41) is 9.16. The Hall–Kier alpha value is -2.69. The van der Waals surface area contributed by atoms with Crippen LogP contribution in [-0.2, 0) is 0 Å². The Morgan fingerprint density at radius 3 is 2.40 bits per heavy atom. The van der Waals surface area contributed by atoms with Crippen LogP contribution in [0.15, 0.2) is 36.4 Å². The van der Waals surface area contributed by atoms with Crippen molar-refractivity contribution >= 4 is 17.5 Å². The molecule has 1 aliphatic rings. The number of carbonyl (C=O) groups is 2. The summed E-state index contributed by atoms with van der Waals surface area (Å²) in [6, 6.07) is 8.36. The molecule has 0 spiro atoms. The molecule has 2 aromatic carbocycles. The summed E-state index contributed by atoms with van der Waals surface area (Å²) in [4.78, 5) is 25.4. The Kier molecular flexibility index (Phi) is 2.57. The van der Waals surface area contributed by atoms with Crippen LogP contribution in [0.25, 0.3) is 0 Å². The van der Waals surface area contributed by atoms with Crippen molar-refractivity contribution in [3.05, 3.63) is 58.9 Å². The number of carbonyl (C=O) groups excluding carboxylic acids is 2. The molecule has 0 atom stereocenters. The molecule has 0 aliphatic carbocycles. The van der Waals surface area contributed by atoms with Crippen molar-refractivity contribution in [1.29, 1.82) is 0 Å². The average molecular weight is 271 g/mol. The fourth-order valence-corrected chi connectivity index (χ4v) is 2.22. The highest BCUT2D eigenvalue weighted by Gasteiger charge is 2.36. The number of aryl methyl sites for hydroxylation is 1. The van der Waals surface area contributed by atoms with Crippen molar-refractivity contribution < 1.29 is 19.1 Å². The highest BCUT2D eigenvalue weighted by molar-refractivity contribution is 6.34. The van der Waals surface area contributed by atoms with Gasteiger partial charge in [-0.3, -0.25) is 9.59 Å². The van der Waals surface area contributed by atoms with E-state index in [2.05, 4.69) is 0 Å². The summed E-state index contributed by atoms with van der Waals surface area (Å²) in [5.74, 6) is -2.38. The minimum atomic E-state index is -0.879. The van der Waals surface area contributed by atoms with Gasteiger partial charge in [-0.05, 0) is 31.2 Å². The standard InChI is InChI=1S/C15H10FNO3/c1-8-2-4-10-11(6-8)15(20)17(14(10)19)9-3-5-13(18)12(16)7-9/h2-7,18H,1H3. The van der Waals surface area contributed by atoms with Crippen LogP contribution in [0, 0.1) is 12.7 Å². The zero-order valence-electron chi connectivity index (χ0n) is 10.6. The van der Waals surface area contributed by atoms with Crippen LogP contribution in [0.4, 0.5) is 10.1 Å². The number of hydrogen-bond acceptors (Lipinski definition) is 3. The molecule has 2 amide bonds. The number of imide groups is 1. The topological polar surface area (TPSA) is 57.6 Å². The van der Waals surface area contributed by atoms with E-state index >= 15 is 0 Å². The molecule has 20 heavy (non-hydrogen) atoms. The van der Waals surface area contributed by atoms with Gasteiger partial charge in [0.25, 0.3) is 11.8 Å². The second-order valence-electron chi connectivity index (χ2n) is 4.63. The largest absolute Gasteiger partial charge is 0.505 e. The lowest BCUT2D eigenvalue weighted by Crippen LogP contribution is -2.29. The number of benzene rings is 2. The van der Waals surface area contributed by atoms with E-state index in [4.69, 9.17) is 5.11 Å². The lowest BCUT2D eigenvalue weighted by atomic mass is 10.1. The van der Waals surface area contributed by atoms with Gasteiger partial charge >= 0.3 is 0 Å². The van der Waals surface area contributed by atoms with Gasteiger partial charge in [0, 0.05) is 6.07 Å². The van der Waals surface area contributed by atoms with E-state index in [1.807, 2.05) is 6.92 Å². The number of phenols is 1. The summed E-state index contributed by atoms with van der Waals surface area (Å²) in [6.07, 6.45) is 0. The average Bonchev–Trinajstić information content (AvgIpc) is 2.65. The first-order valence-corrected chi connectivity index (χ1v) is 5.97. The van der Waals surface area contributed by atoms with E-state index in [9.17, 15) is 14.0 Å². The SMILES string of the molecule is Cc1ccc2c(c1)C(=O)N(c1ccc(O)c(F)c1)C2=O. The van der Waals surface area contributed by atoms with Crippen LogP contribution < -0.4 is 4.90 Å². The molecule has 0 fully saturated rings. The molecular formula is C15H10FNO3. The molecule has 3 rings (SSSR count). The number of halogens is 1. The van der Waals surface area contributed by atoms with E-state index in [1.165, 1.54) is 6.07 Å². The summed E-state index contributed by atoms with van der Waals surface area (Å²) >= 11 is 0. The number of hydrogen-bond donors (Lipinski definition) is 1. The van der Waals surface area contributed by atoms with Crippen LogP contribution >= 0.6 is 0 Å².